The van der Waals surface area contributed by atoms with Gasteiger partial charge in [0.15, 0.2) is 0 Å². The maximum atomic E-state index is 3.78. The molecule has 0 spiro atoms. The Kier molecular flexibility index (Phi) is 5.23. The molecule has 0 radical (unpaired) electrons. The highest BCUT2D eigenvalue weighted by Gasteiger charge is 2.21. The first-order chi connectivity index (χ1) is 10.3. The lowest BCUT2D eigenvalue weighted by atomic mass is 9.92. The summed E-state index contributed by atoms with van der Waals surface area (Å²) < 4.78 is 1.26. The zero-order chi connectivity index (χ0) is 14.7. The van der Waals surface area contributed by atoms with Crippen LogP contribution in [0.3, 0.4) is 0 Å². The van der Waals surface area contributed by atoms with Gasteiger partial charge in [0.05, 0.1) is 5.69 Å². The van der Waals surface area contributed by atoms with Crippen molar-refractivity contribution in [3.05, 3.63) is 28.2 Å². The van der Waals surface area contributed by atoms with Gasteiger partial charge in [-0.2, -0.15) is 0 Å². The highest BCUT2D eigenvalue weighted by atomic mass is 79.9. The minimum atomic E-state index is 0.779. The van der Waals surface area contributed by atoms with Crippen LogP contribution in [0.15, 0.2) is 22.7 Å². The van der Waals surface area contributed by atoms with Crippen LogP contribution in [0.1, 0.15) is 51.0 Å². The fraction of sp³-hybridized carbons (Fsp3) is 0.667. The number of hydrogen-bond donors (Lipinski definition) is 1. The third-order valence-electron chi connectivity index (χ3n) is 4.84. The smallest absolute Gasteiger partial charge is 0.0510 e. The average Bonchev–Trinajstić information content (AvgIpc) is 3.31. The molecular weight excluding hydrogens is 324 g/mol. The van der Waals surface area contributed by atoms with Gasteiger partial charge in [-0.05, 0) is 65.2 Å². The van der Waals surface area contributed by atoms with Gasteiger partial charge in [0.25, 0.3) is 0 Å². The standard InChI is InChI=1S/C18H27BrN2/c1-2-3-14-8-10-21(11-9-14)18-7-4-15(12-17(18)19)13-20-16-5-6-16/h4,7,12,14,16,20H,2-3,5-6,8-11,13H2,1H3. The molecule has 1 aromatic rings. The zero-order valence-electron chi connectivity index (χ0n) is 13.1. The van der Waals surface area contributed by atoms with E-state index in [4.69, 9.17) is 0 Å². The largest absolute Gasteiger partial charge is 0.371 e. The average molecular weight is 351 g/mol. The van der Waals surface area contributed by atoms with Crippen LogP contribution < -0.4 is 10.2 Å². The lowest BCUT2D eigenvalue weighted by Crippen LogP contribution is -2.33. The van der Waals surface area contributed by atoms with E-state index in [1.54, 1.807) is 0 Å². The van der Waals surface area contributed by atoms with Crippen molar-refractivity contribution in [2.45, 2.75) is 58.0 Å². The van der Waals surface area contributed by atoms with Gasteiger partial charge in [0, 0.05) is 30.1 Å². The van der Waals surface area contributed by atoms with Gasteiger partial charge in [-0.1, -0.05) is 25.8 Å². The normalized spacial score (nSPS) is 20.0. The van der Waals surface area contributed by atoms with Crippen LogP contribution in [0.5, 0.6) is 0 Å². The van der Waals surface area contributed by atoms with Crippen molar-refractivity contribution >= 4 is 21.6 Å². The quantitative estimate of drug-likeness (QED) is 0.798. The van der Waals surface area contributed by atoms with Crippen LogP contribution in [0.25, 0.3) is 0 Å². The first kappa shape index (κ1) is 15.4. The van der Waals surface area contributed by atoms with Crippen LogP contribution >= 0.6 is 15.9 Å². The van der Waals surface area contributed by atoms with E-state index >= 15 is 0 Å². The van der Waals surface area contributed by atoms with E-state index < -0.39 is 0 Å². The lowest BCUT2D eigenvalue weighted by molar-refractivity contribution is 0.378. The van der Waals surface area contributed by atoms with Crippen LogP contribution in [0, 0.1) is 5.92 Å². The molecule has 1 aliphatic carbocycles. The van der Waals surface area contributed by atoms with E-state index in [1.165, 1.54) is 67.3 Å². The molecule has 2 fully saturated rings. The van der Waals surface area contributed by atoms with Crippen LogP contribution in [-0.4, -0.2) is 19.1 Å². The second-order valence-corrected chi connectivity index (χ2v) is 7.51. The number of anilines is 1. The second-order valence-electron chi connectivity index (χ2n) is 6.66. The van der Waals surface area contributed by atoms with Crippen molar-refractivity contribution in [2.24, 2.45) is 5.92 Å². The van der Waals surface area contributed by atoms with Gasteiger partial charge >= 0.3 is 0 Å². The van der Waals surface area contributed by atoms with Crippen molar-refractivity contribution in [3.8, 4) is 0 Å². The number of piperidine rings is 1. The lowest BCUT2D eigenvalue weighted by Gasteiger charge is -2.34. The fourth-order valence-electron chi connectivity index (χ4n) is 3.34. The molecule has 1 N–H and O–H groups in total. The molecular formula is C18H27BrN2. The molecule has 116 valence electrons. The van der Waals surface area contributed by atoms with E-state index in [0.29, 0.717) is 0 Å². The minimum Gasteiger partial charge on any atom is -0.371 e. The summed E-state index contributed by atoms with van der Waals surface area (Å²) in [4.78, 5) is 2.55. The second kappa shape index (κ2) is 7.15. The maximum Gasteiger partial charge on any atom is 0.0510 e. The van der Waals surface area contributed by atoms with Crippen molar-refractivity contribution in [1.29, 1.82) is 0 Å². The molecule has 1 heterocycles. The predicted octanol–water partition coefficient (Wildman–Crippen LogP) is 4.72. The molecule has 1 saturated carbocycles. The molecule has 0 aromatic heterocycles. The summed E-state index contributed by atoms with van der Waals surface area (Å²) in [6.07, 6.45) is 8.15. The first-order valence-electron chi connectivity index (χ1n) is 8.53. The summed E-state index contributed by atoms with van der Waals surface area (Å²) >= 11 is 3.78. The van der Waals surface area contributed by atoms with Crippen LogP contribution in [0.2, 0.25) is 0 Å². The Bertz CT molecular complexity index is 462. The highest BCUT2D eigenvalue weighted by Crippen LogP contribution is 2.32. The molecule has 0 amide bonds. The third kappa shape index (κ3) is 4.23. The Labute approximate surface area is 137 Å². The molecule has 2 nitrogen and oxygen atoms in total. The summed E-state index contributed by atoms with van der Waals surface area (Å²) in [5, 5.41) is 3.58. The molecule has 21 heavy (non-hydrogen) atoms. The van der Waals surface area contributed by atoms with E-state index in [1.807, 2.05) is 0 Å². The first-order valence-corrected chi connectivity index (χ1v) is 9.32. The number of rotatable bonds is 6. The molecule has 3 rings (SSSR count). The van der Waals surface area contributed by atoms with E-state index in [9.17, 15) is 0 Å². The third-order valence-corrected chi connectivity index (χ3v) is 5.47. The Morgan fingerprint density at radius 2 is 1.95 bits per heavy atom. The Balaban J connectivity index is 1.57. The van der Waals surface area contributed by atoms with Gasteiger partial charge in [-0.15, -0.1) is 0 Å². The Hall–Kier alpha value is -0.540. The summed E-state index contributed by atoms with van der Waals surface area (Å²) in [5.74, 6) is 0.951. The van der Waals surface area contributed by atoms with Crippen LogP contribution in [0.4, 0.5) is 5.69 Å². The number of nitrogens with one attached hydrogen (secondary N) is 1. The van der Waals surface area contributed by atoms with Gasteiger partial charge in [0.1, 0.15) is 0 Å². The monoisotopic (exact) mass is 350 g/mol. The zero-order valence-corrected chi connectivity index (χ0v) is 14.7. The SMILES string of the molecule is CCCC1CCN(c2ccc(CNC3CC3)cc2Br)CC1. The van der Waals surface area contributed by atoms with Crippen molar-refractivity contribution in [1.82, 2.24) is 5.32 Å². The predicted molar refractivity (Wildman–Crippen MR) is 93.8 cm³/mol. The summed E-state index contributed by atoms with van der Waals surface area (Å²) in [6, 6.07) is 7.66. The molecule has 0 unspecified atom stereocenters. The maximum absolute atomic E-state index is 3.78. The molecule has 1 saturated heterocycles. The van der Waals surface area contributed by atoms with Gasteiger partial charge in [0.2, 0.25) is 0 Å². The van der Waals surface area contributed by atoms with Crippen molar-refractivity contribution in [3.63, 3.8) is 0 Å². The molecule has 0 atom stereocenters. The fourth-order valence-corrected chi connectivity index (χ4v) is 4.01. The molecule has 0 bridgehead atoms. The number of halogens is 1. The molecule has 2 aliphatic rings. The molecule has 3 heteroatoms. The van der Waals surface area contributed by atoms with Gasteiger partial charge in [-0.25, -0.2) is 0 Å². The van der Waals surface area contributed by atoms with Gasteiger partial charge in [-0.3, -0.25) is 0 Å². The van der Waals surface area contributed by atoms with E-state index in [0.717, 1.165) is 18.5 Å². The van der Waals surface area contributed by atoms with Crippen LogP contribution in [-0.2, 0) is 6.54 Å². The van der Waals surface area contributed by atoms with E-state index in [-0.39, 0.29) is 0 Å². The minimum absolute atomic E-state index is 0.779. The van der Waals surface area contributed by atoms with Crippen molar-refractivity contribution in [2.75, 3.05) is 18.0 Å². The summed E-state index contributed by atoms with van der Waals surface area (Å²) in [6.45, 7) is 5.73. The summed E-state index contributed by atoms with van der Waals surface area (Å²) in [7, 11) is 0. The number of nitrogens with zero attached hydrogens (tertiary/aromatic N) is 1. The Morgan fingerprint density at radius 3 is 2.57 bits per heavy atom. The topological polar surface area (TPSA) is 15.3 Å². The molecule has 1 aromatic carbocycles. The Morgan fingerprint density at radius 1 is 1.19 bits per heavy atom. The molecule has 1 aliphatic heterocycles. The summed E-state index contributed by atoms with van der Waals surface area (Å²) in [5.41, 5.74) is 2.76. The highest BCUT2D eigenvalue weighted by molar-refractivity contribution is 9.10. The van der Waals surface area contributed by atoms with Gasteiger partial charge < -0.3 is 10.2 Å². The van der Waals surface area contributed by atoms with E-state index in [2.05, 4.69) is 51.3 Å². The number of benzene rings is 1. The van der Waals surface area contributed by atoms with Crippen molar-refractivity contribution < 1.29 is 0 Å². The number of hydrogen-bond acceptors (Lipinski definition) is 2.